The molecule has 0 heterocycles. The number of rotatable bonds is 7. The van der Waals surface area contributed by atoms with Crippen molar-refractivity contribution in [2.24, 2.45) is 4.99 Å². The van der Waals surface area contributed by atoms with Gasteiger partial charge >= 0.3 is 0 Å². The number of phenols is 1. The van der Waals surface area contributed by atoms with Crippen molar-refractivity contribution in [1.29, 1.82) is 0 Å². The molecule has 156 valence electrons. The zero-order valence-electron chi connectivity index (χ0n) is 18.7. The number of benzene rings is 3. The first-order valence-corrected chi connectivity index (χ1v) is 11.7. The fourth-order valence-electron chi connectivity index (χ4n) is 4.19. The standard InChI is InChI=1S/C27H32NOP/c1-6-27(7-2,23-18-12-13-19(3)25(23)29)30-26-20(4)14-11-17-22(26)24(28-5)21-15-9-8-10-16-21/h8-18,29-30H,6-7H2,1-5H3. The van der Waals surface area contributed by atoms with E-state index < -0.39 is 0 Å². The van der Waals surface area contributed by atoms with Gasteiger partial charge in [0.25, 0.3) is 0 Å². The summed E-state index contributed by atoms with van der Waals surface area (Å²) >= 11 is 0. The minimum atomic E-state index is -0.105. The molecule has 1 atom stereocenters. The van der Waals surface area contributed by atoms with Crippen molar-refractivity contribution < 1.29 is 5.11 Å². The normalized spacial score (nSPS) is 12.6. The molecule has 0 aliphatic rings. The van der Waals surface area contributed by atoms with Crippen molar-refractivity contribution in [3.8, 4) is 5.75 Å². The predicted molar refractivity (Wildman–Crippen MR) is 132 cm³/mol. The molecule has 3 aromatic rings. The zero-order valence-corrected chi connectivity index (χ0v) is 19.7. The third-order valence-electron chi connectivity index (χ3n) is 6.12. The summed E-state index contributed by atoms with van der Waals surface area (Å²) in [5.74, 6) is 0.441. The molecule has 30 heavy (non-hydrogen) atoms. The highest BCUT2D eigenvalue weighted by Gasteiger charge is 2.33. The van der Waals surface area contributed by atoms with Gasteiger partial charge in [-0.3, -0.25) is 4.99 Å². The van der Waals surface area contributed by atoms with Crippen molar-refractivity contribution in [1.82, 2.24) is 0 Å². The number of aromatic hydroxyl groups is 1. The minimum Gasteiger partial charge on any atom is -0.507 e. The van der Waals surface area contributed by atoms with E-state index >= 15 is 0 Å². The Morgan fingerprint density at radius 3 is 2.13 bits per heavy atom. The van der Waals surface area contributed by atoms with E-state index in [1.807, 2.05) is 26.1 Å². The Bertz CT molecular complexity index is 1040. The molecule has 3 aromatic carbocycles. The number of aryl methyl sites for hydroxylation is 2. The number of hydrogen-bond donors (Lipinski definition) is 1. The Balaban J connectivity index is 2.17. The summed E-state index contributed by atoms with van der Waals surface area (Å²) in [5.41, 5.74) is 6.63. The lowest BCUT2D eigenvalue weighted by Crippen LogP contribution is -2.26. The van der Waals surface area contributed by atoms with Crippen molar-refractivity contribution in [2.45, 2.75) is 45.7 Å². The summed E-state index contributed by atoms with van der Waals surface area (Å²) in [5, 5.41) is 12.2. The Morgan fingerprint density at radius 2 is 1.50 bits per heavy atom. The van der Waals surface area contributed by atoms with E-state index in [2.05, 4.69) is 80.4 Å². The summed E-state index contributed by atoms with van der Waals surface area (Å²) in [6, 6.07) is 23.1. The molecule has 0 amide bonds. The van der Waals surface area contributed by atoms with Crippen LogP contribution in [-0.2, 0) is 5.16 Å². The van der Waals surface area contributed by atoms with Gasteiger partial charge in [0.2, 0.25) is 0 Å². The highest BCUT2D eigenvalue weighted by atomic mass is 31.1. The van der Waals surface area contributed by atoms with Gasteiger partial charge < -0.3 is 5.11 Å². The highest BCUT2D eigenvalue weighted by Crippen LogP contribution is 2.51. The number of para-hydroxylation sites is 1. The third-order valence-corrected chi connectivity index (χ3v) is 8.49. The van der Waals surface area contributed by atoms with Gasteiger partial charge in [0.1, 0.15) is 5.75 Å². The van der Waals surface area contributed by atoms with Gasteiger partial charge in [-0.05, 0) is 43.1 Å². The van der Waals surface area contributed by atoms with Crippen LogP contribution in [0, 0.1) is 13.8 Å². The Labute approximate surface area is 182 Å². The maximum Gasteiger partial charge on any atom is 0.122 e. The van der Waals surface area contributed by atoms with Crippen LogP contribution in [0.1, 0.15) is 54.5 Å². The van der Waals surface area contributed by atoms with Crippen LogP contribution >= 0.6 is 8.58 Å². The molecule has 1 unspecified atom stereocenters. The first kappa shape index (κ1) is 22.2. The van der Waals surface area contributed by atoms with E-state index in [-0.39, 0.29) is 5.16 Å². The molecular formula is C27H32NOP. The molecule has 0 aliphatic heterocycles. The maximum atomic E-state index is 10.9. The molecule has 3 rings (SSSR count). The maximum absolute atomic E-state index is 10.9. The van der Waals surface area contributed by atoms with E-state index in [0.717, 1.165) is 35.2 Å². The zero-order chi connectivity index (χ0) is 21.7. The van der Waals surface area contributed by atoms with Crippen molar-refractivity contribution in [3.05, 3.63) is 94.5 Å². The lowest BCUT2D eigenvalue weighted by Gasteiger charge is -2.35. The summed E-state index contributed by atoms with van der Waals surface area (Å²) in [4.78, 5) is 4.69. The molecule has 0 saturated heterocycles. The molecule has 0 radical (unpaired) electrons. The van der Waals surface area contributed by atoms with E-state index in [0.29, 0.717) is 14.3 Å². The van der Waals surface area contributed by atoms with Crippen LogP contribution in [0.5, 0.6) is 5.75 Å². The molecule has 0 aliphatic carbocycles. The first-order valence-electron chi connectivity index (χ1n) is 10.7. The van der Waals surface area contributed by atoms with E-state index in [1.165, 1.54) is 16.4 Å². The largest absolute Gasteiger partial charge is 0.507 e. The van der Waals surface area contributed by atoms with Gasteiger partial charge in [-0.25, -0.2) is 0 Å². The van der Waals surface area contributed by atoms with Crippen molar-refractivity contribution in [2.75, 3.05) is 7.05 Å². The smallest absolute Gasteiger partial charge is 0.122 e. The lowest BCUT2D eigenvalue weighted by molar-refractivity contribution is 0.444. The fourth-order valence-corrected chi connectivity index (χ4v) is 5.98. The van der Waals surface area contributed by atoms with Gasteiger partial charge in [0.05, 0.1) is 5.71 Å². The van der Waals surface area contributed by atoms with Crippen molar-refractivity contribution >= 4 is 19.6 Å². The quantitative estimate of drug-likeness (QED) is 0.346. The van der Waals surface area contributed by atoms with Gasteiger partial charge in [0.15, 0.2) is 0 Å². The van der Waals surface area contributed by atoms with Crippen LogP contribution in [0.15, 0.2) is 71.7 Å². The molecule has 0 saturated carbocycles. The van der Waals surface area contributed by atoms with E-state index in [1.54, 1.807) is 0 Å². The summed E-state index contributed by atoms with van der Waals surface area (Å²) in [6.07, 6.45) is 1.94. The molecule has 1 N–H and O–H groups in total. The monoisotopic (exact) mass is 417 g/mol. The fraction of sp³-hybridized carbons (Fsp3) is 0.296. The molecule has 3 heteroatoms. The van der Waals surface area contributed by atoms with Crippen LogP contribution in [-0.4, -0.2) is 17.9 Å². The number of hydrogen-bond acceptors (Lipinski definition) is 2. The molecule has 0 spiro atoms. The van der Waals surface area contributed by atoms with E-state index in [4.69, 9.17) is 0 Å². The average Bonchev–Trinajstić information content (AvgIpc) is 2.77. The molecule has 0 aromatic heterocycles. The van der Waals surface area contributed by atoms with Crippen LogP contribution in [0.2, 0.25) is 0 Å². The van der Waals surface area contributed by atoms with Gasteiger partial charge in [-0.15, -0.1) is 0 Å². The lowest BCUT2D eigenvalue weighted by atomic mass is 9.90. The van der Waals surface area contributed by atoms with E-state index in [9.17, 15) is 5.11 Å². The van der Waals surface area contributed by atoms with Crippen LogP contribution in [0.4, 0.5) is 0 Å². The Morgan fingerprint density at radius 1 is 0.867 bits per heavy atom. The van der Waals surface area contributed by atoms with Crippen molar-refractivity contribution in [3.63, 3.8) is 0 Å². The number of aliphatic imine (C=N–C) groups is 1. The average molecular weight is 418 g/mol. The topological polar surface area (TPSA) is 32.6 Å². The number of nitrogens with zero attached hydrogens (tertiary/aromatic N) is 1. The second kappa shape index (κ2) is 9.58. The minimum absolute atomic E-state index is 0.105. The summed E-state index contributed by atoms with van der Waals surface area (Å²) in [6.45, 7) is 8.65. The Hall–Kier alpha value is -2.44. The van der Waals surface area contributed by atoms with Crippen LogP contribution in [0.25, 0.3) is 0 Å². The Kier molecular flexibility index (Phi) is 7.10. The highest BCUT2D eigenvalue weighted by molar-refractivity contribution is 7.49. The molecular weight excluding hydrogens is 385 g/mol. The molecule has 0 bridgehead atoms. The SMILES string of the molecule is CCC(CC)(Pc1c(C)cccc1C(=NC)c1ccccc1)c1cccc(C)c1O. The third kappa shape index (κ3) is 4.20. The molecule has 0 fully saturated rings. The first-order chi connectivity index (χ1) is 14.5. The second-order valence-corrected chi connectivity index (χ2v) is 9.53. The van der Waals surface area contributed by atoms with Crippen LogP contribution in [0.3, 0.4) is 0 Å². The van der Waals surface area contributed by atoms with Gasteiger partial charge in [0, 0.05) is 28.9 Å². The van der Waals surface area contributed by atoms with Crippen LogP contribution < -0.4 is 5.30 Å². The van der Waals surface area contributed by atoms with Gasteiger partial charge in [-0.2, -0.15) is 0 Å². The summed E-state index contributed by atoms with van der Waals surface area (Å²) in [7, 11) is 2.41. The summed E-state index contributed by atoms with van der Waals surface area (Å²) < 4.78 is 0. The van der Waals surface area contributed by atoms with Gasteiger partial charge in [-0.1, -0.05) is 89.2 Å². The molecule has 2 nitrogen and oxygen atoms in total. The number of phenolic OH excluding ortho intramolecular Hbond substituents is 1. The second-order valence-electron chi connectivity index (χ2n) is 7.82. The predicted octanol–water partition coefficient (Wildman–Crippen LogP) is 6.50.